The fraction of sp³-hybridized carbons (Fsp3) is 0.167. The van der Waals surface area contributed by atoms with Gasteiger partial charge in [-0.05, 0) is 36.4 Å². The Morgan fingerprint density at radius 2 is 1.79 bits per heavy atom. The third kappa shape index (κ3) is 3.19. The van der Waals surface area contributed by atoms with Gasteiger partial charge in [-0.25, -0.2) is 4.90 Å². The summed E-state index contributed by atoms with van der Waals surface area (Å²) in [6.07, 6.45) is 4.63. The first-order valence-electron chi connectivity index (χ1n) is 10.3. The van der Waals surface area contributed by atoms with Crippen LogP contribution in [0.25, 0.3) is 0 Å². The third-order valence-electron chi connectivity index (χ3n) is 6.37. The molecule has 2 aromatic carbocycles. The molecule has 0 aliphatic carbocycles. The molecule has 168 valence electrons. The number of anilines is 1. The number of hydrogen-bond donors (Lipinski definition) is 0. The van der Waals surface area contributed by atoms with Crippen LogP contribution in [-0.4, -0.2) is 39.5 Å². The minimum absolute atomic E-state index is 0.0623. The summed E-state index contributed by atoms with van der Waals surface area (Å²) in [6, 6.07) is 11.8. The first-order chi connectivity index (χ1) is 16.3. The quantitative estimate of drug-likeness (QED) is 0.288. The molecule has 34 heavy (non-hydrogen) atoms. The van der Waals surface area contributed by atoms with Crippen molar-refractivity contribution in [2.45, 2.75) is 12.1 Å². The van der Waals surface area contributed by atoms with Crippen LogP contribution in [0.1, 0.15) is 10.4 Å². The van der Waals surface area contributed by atoms with Crippen molar-refractivity contribution in [3.05, 3.63) is 93.2 Å². The molecular formula is C24H15ClN4O5. The van der Waals surface area contributed by atoms with Gasteiger partial charge >= 0.3 is 0 Å². The van der Waals surface area contributed by atoms with Crippen LogP contribution in [-0.2, 0) is 9.59 Å². The summed E-state index contributed by atoms with van der Waals surface area (Å²) in [5.41, 5.74) is 0.452. The van der Waals surface area contributed by atoms with Gasteiger partial charge in [0.25, 0.3) is 5.69 Å². The second kappa shape index (κ2) is 7.93. The molecule has 3 aliphatic heterocycles. The number of nitriles is 1. The number of halogens is 1. The van der Waals surface area contributed by atoms with Gasteiger partial charge in [-0.1, -0.05) is 23.7 Å². The van der Waals surface area contributed by atoms with Gasteiger partial charge in [0.15, 0.2) is 5.78 Å². The van der Waals surface area contributed by atoms with Crippen molar-refractivity contribution in [1.29, 1.82) is 5.26 Å². The van der Waals surface area contributed by atoms with Gasteiger partial charge in [-0.3, -0.25) is 24.5 Å². The lowest BCUT2D eigenvalue weighted by Crippen LogP contribution is -2.46. The lowest BCUT2D eigenvalue weighted by Gasteiger charge is -2.32. The molecule has 5 rings (SSSR count). The van der Waals surface area contributed by atoms with Crippen molar-refractivity contribution in [1.82, 2.24) is 4.90 Å². The van der Waals surface area contributed by atoms with Crippen LogP contribution in [0.15, 0.2) is 72.5 Å². The molecule has 0 spiro atoms. The molecule has 0 radical (unpaired) electrons. The summed E-state index contributed by atoms with van der Waals surface area (Å²) < 4.78 is 0. The van der Waals surface area contributed by atoms with Gasteiger partial charge < -0.3 is 4.90 Å². The molecule has 4 atom stereocenters. The number of carbonyl (C=O) groups excluding carboxylic acids is 3. The SMILES string of the molecule is N#CC1=C[C@H]2[C@@H]3C(=O)N(c4ccc(Cl)cc4)C(=O)[C@@H]3[C@H](C(=O)c3cccc([N+](=O)[O-])c3)N2C=C1. The molecule has 0 aromatic heterocycles. The minimum atomic E-state index is -1.07. The Balaban J connectivity index is 1.60. The number of amides is 2. The summed E-state index contributed by atoms with van der Waals surface area (Å²) >= 11 is 5.94. The van der Waals surface area contributed by atoms with E-state index in [0.29, 0.717) is 16.3 Å². The van der Waals surface area contributed by atoms with E-state index in [4.69, 9.17) is 11.6 Å². The molecule has 0 N–H and O–H groups in total. The Bertz CT molecular complexity index is 1360. The molecule has 0 saturated carbocycles. The normalized spacial score (nSPS) is 25.0. The van der Waals surface area contributed by atoms with Gasteiger partial charge in [0.05, 0.1) is 40.1 Å². The maximum Gasteiger partial charge on any atom is 0.270 e. The molecule has 2 fully saturated rings. The number of nitrogens with zero attached hydrogens (tertiary/aromatic N) is 4. The highest BCUT2D eigenvalue weighted by Crippen LogP contribution is 2.47. The Kier molecular flexibility index (Phi) is 5.03. The van der Waals surface area contributed by atoms with Gasteiger partial charge in [0.2, 0.25) is 11.8 Å². The highest BCUT2D eigenvalue weighted by Gasteiger charge is 2.63. The number of Topliss-reactive ketones (excluding diaryl/α,β-unsaturated/α-hetero) is 1. The number of imide groups is 1. The van der Waals surface area contributed by atoms with E-state index in [1.807, 2.05) is 6.07 Å². The summed E-state index contributed by atoms with van der Waals surface area (Å²) in [4.78, 5) is 54.0. The second-order valence-electron chi connectivity index (χ2n) is 8.14. The van der Waals surface area contributed by atoms with E-state index >= 15 is 0 Å². The molecule has 3 aliphatic rings. The van der Waals surface area contributed by atoms with Crippen LogP contribution in [0.5, 0.6) is 0 Å². The summed E-state index contributed by atoms with van der Waals surface area (Å²) in [5.74, 6) is -3.47. The summed E-state index contributed by atoms with van der Waals surface area (Å²) in [7, 11) is 0. The van der Waals surface area contributed by atoms with Crippen LogP contribution >= 0.6 is 11.6 Å². The average Bonchev–Trinajstić information content (AvgIpc) is 3.31. The van der Waals surface area contributed by atoms with Crippen molar-refractivity contribution in [3.63, 3.8) is 0 Å². The van der Waals surface area contributed by atoms with E-state index in [0.717, 1.165) is 11.0 Å². The van der Waals surface area contributed by atoms with E-state index in [2.05, 4.69) is 0 Å². The lowest BCUT2D eigenvalue weighted by molar-refractivity contribution is -0.384. The van der Waals surface area contributed by atoms with Crippen molar-refractivity contribution in [2.75, 3.05) is 4.90 Å². The largest absolute Gasteiger partial charge is 0.359 e. The number of carbonyl (C=O) groups is 3. The number of allylic oxidation sites excluding steroid dienone is 2. The molecule has 9 nitrogen and oxygen atoms in total. The molecule has 2 amide bonds. The fourth-order valence-corrected chi connectivity index (χ4v) is 5.04. The number of benzene rings is 2. The first-order valence-corrected chi connectivity index (χ1v) is 10.7. The molecule has 10 heteroatoms. The zero-order chi connectivity index (χ0) is 24.1. The van der Waals surface area contributed by atoms with Crippen LogP contribution in [0, 0.1) is 33.3 Å². The second-order valence-corrected chi connectivity index (χ2v) is 8.58. The number of hydrogen-bond acceptors (Lipinski definition) is 7. The standard InChI is InChI=1S/C24H15ClN4O5/c25-15-4-6-16(7-5-15)28-23(31)19-18-10-13(12-26)8-9-27(18)21(20(19)24(28)32)22(30)14-2-1-3-17(11-14)29(33)34/h1-11,18-21H/t18-,19-,20-,21+/m0/s1. The van der Waals surface area contributed by atoms with Gasteiger partial charge in [-0.15, -0.1) is 0 Å². The smallest absolute Gasteiger partial charge is 0.270 e. The van der Waals surface area contributed by atoms with E-state index in [1.165, 1.54) is 30.5 Å². The Morgan fingerprint density at radius 3 is 2.47 bits per heavy atom. The van der Waals surface area contributed by atoms with Gasteiger partial charge in [0.1, 0.15) is 6.04 Å². The highest BCUT2D eigenvalue weighted by molar-refractivity contribution is 6.31. The summed E-state index contributed by atoms with van der Waals surface area (Å²) in [5, 5.41) is 21.0. The van der Waals surface area contributed by atoms with Crippen LogP contribution in [0.3, 0.4) is 0 Å². The molecule has 0 bridgehead atoms. The molecular weight excluding hydrogens is 460 g/mol. The average molecular weight is 475 g/mol. The maximum atomic E-state index is 13.6. The van der Waals surface area contributed by atoms with E-state index < -0.39 is 46.4 Å². The number of fused-ring (bicyclic) bond motifs is 3. The van der Waals surface area contributed by atoms with Crippen molar-refractivity contribution in [2.24, 2.45) is 11.8 Å². The van der Waals surface area contributed by atoms with Crippen LogP contribution in [0.4, 0.5) is 11.4 Å². The summed E-state index contributed by atoms with van der Waals surface area (Å²) in [6.45, 7) is 0. The Morgan fingerprint density at radius 1 is 1.09 bits per heavy atom. The Labute approximate surface area is 198 Å². The monoisotopic (exact) mass is 474 g/mol. The number of non-ortho nitro benzene ring substituents is 1. The maximum absolute atomic E-state index is 13.6. The number of ketones is 1. The fourth-order valence-electron chi connectivity index (χ4n) is 4.91. The topological polar surface area (TPSA) is 125 Å². The molecule has 3 heterocycles. The van der Waals surface area contributed by atoms with Crippen molar-refractivity contribution >= 4 is 40.6 Å². The molecule has 0 unspecified atom stereocenters. The number of nitro groups is 1. The molecule has 2 saturated heterocycles. The van der Waals surface area contributed by atoms with Crippen LogP contribution < -0.4 is 4.90 Å². The predicted molar refractivity (Wildman–Crippen MR) is 121 cm³/mol. The van der Waals surface area contributed by atoms with Crippen molar-refractivity contribution < 1.29 is 19.3 Å². The first kappa shape index (κ1) is 21.6. The number of nitro benzene ring substituents is 1. The molecule has 2 aromatic rings. The zero-order valence-corrected chi connectivity index (χ0v) is 18.1. The van der Waals surface area contributed by atoms with E-state index in [1.54, 1.807) is 35.2 Å². The van der Waals surface area contributed by atoms with Crippen LogP contribution in [0.2, 0.25) is 5.02 Å². The number of rotatable bonds is 4. The Hall–Kier alpha value is -4.29. The minimum Gasteiger partial charge on any atom is -0.359 e. The lowest BCUT2D eigenvalue weighted by atomic mass is 9.86. The third-order valence-corrected chi connectivity index (χ3v) is 6.62. The van der Waals surface area contributed by atoms with Crippen molar-refractivity contribution in [3.8, 4) is 6.07 Å². The van der Waals surface area contributed by atoms with E-state index in [9.17, 15) is 29.8 Å². The van der Waals surface area contributed by atoms with Gasteiger partial charge in [-0.2, -0.15) is 5.26 Å². The van der Waals surface area contributed by atoms with E-state index in [-0.39, 0.29) is 11.3 Å². The highest BCUT2D eigenvalue weighted by atomic mass is 35.5. The van der Waals surface area contributed by atoms with Gasteiger partial charge in [0, 0.05) is 28.9 Å². The zero-order valence-electron chi connectivity index (χ0n) is 17.4. The predicted octanol–water partition coefficient (Wildman–Crippen LogP) is 3.27.